The topological polar surface area (TPSA) is 52.5 Å². The second-order valence-electron chi connectivity index (χ2n) is 2.83. The Hall–Kier alpha value is -1.79. The third-order valence-corrected chi connectivity index (χ3v) is 2.08. The number of hydrogen-bond donors (Lipinski definition) is 1. The van der Waals surface area contributed by atoms with Gasteiger partial charge >= 0.3 is 0 Å². The molecule has 1 aromatic heterocycles. The van der Waals surface area contributed by atoms with Crippen molar-refractivity contribution in [3.63, 3.8) is 0 Å². The van der Waals surface area contributed by atoms with E-state index in [9.17, 15) is 0 Å². The zero-order chi connectivity index (χ0) is 9.97. The van der Waals surface area contributed by atoms with Crippen LogP contribution in [0, 0.1) is 11.3 Å². The smallest absolute Gasteiger partial charge is 0.0992 e. The maximum atomic E-state index is 8.75. The highest BCUT2D eigenvalue weighted by Gasteiger charge is 2.02. The van der Waals surface area contributed by atoms with E-state index in [0.29, 0.717) is 10.6 Å². The molecule has 1 N–H and O–H groups in total. The van der Waals surface area contributed by atoms with Gasteiger partial charge < -0.3 is 0 Å². The monoisotopic (exact) mass is 203 g/mol. The summed E-state index contributed by atoms with van der Waals surface area (Å²) < 4.78 is 0. The molecule has 2 aromatic rings. The van der Waals surface area contributed by atoms with Crippen molar-refractivity contribution >= 4 is 11.6 Å². The molecule has 0 saturated carbocycles. The summed E-state index contributed by atoms with van der Waals surface area (Å²) in [5.41, 5.74) is 2.36. The highest BCUT2D eigenvalue weighted by Crippen LogP contribution is 2.23. The Morgan fingerprint density at radius 2 is 2.14 bits per heavy atom. The first-order valence-corrected chi connectivity index (χ1v) is 4.37. The van der Waals surface area contributed by atoms with Gasteiger partial charge in [-0.25, -0.2) is 0 Å². The van der Waals surface area contributed by atoms with Gasteiger partial charge in [0, 0.05) is 16.8 Å². The molecule has 0 aliphatic heterocycles. The van der Waals surface area contributed by atoms with Crippen LogP contribution < -0.4 is 0 Å². The number of nitriles is 1. The minimum Gasteiger partial charge on any atom is -0.285 e. The van der Waals surface area contributed by atoms with Gasteiger partial charge in [0.25, 0.3) is 0 Å². The van der Waals surface area contributed by atoms with Gasteiger partial charge in [-0.3, -0.25) is 5.10 Å². The lowest BCUT2D eigenvalue weighted by molar-refractivity contribution is 1.09. The summed E-state index contributed by atoms with van der Waals surface area (Å²) in [7, 11) is 0. The second-order valence-corrected chi connectivity index (χ2v) is 3.26. The summed E-state index contributed by atoms with van der Waals surface area (Å²) in [6, 6.07) is 7.26. The van der Waals surface area contributed by atoms with E-state index in [1.807, 2.05) is 0 Å². The van der Waals surface area contributed by atoms with Crippen molar-refractivity contribution in [1.82, 2.24) is 10.2 Å². The molecule has 0 bridgehead atoms. The molecule has 2 rings (SSSR count). The summed E-state index contributed by atoms with van der Waals surface area (Å²) >= 11 is 5.86. The lowest BCUT2D eigenvalue weighted by atomic mass is 10.1. The van der Waals surface area contributed by atoms with Gasteiger partial charge in [0.05, 0.1) is 17.8 Å². The minimum atomic E-state index is 0.550. The molecule has 3 nitrogen and oxygen atoms in total. The number of aromatic nitrogens is 2. The Balaban J connectivity index is 2.55. The van der Waals surface area contributed by atoms with E-state index in [4.69, 9.17) is 16.9 Å². The number of hydrogen-bond acceptors (Lipinski definition) is 2. The van der Waals surface area contributed by atoms with Crippen LogP contribution in [-0.4, -0.2) is 10.2 Å². The van der Waals surface area contributed by atoms with Crippen molar-refractivity contribution in [3.05, 3.63) is 41.2 Å². The van der Waals surface area contributed by atoms with Crippen molar-refractivity contribution in [2.75, 3.05) is 0 Å². The molecule has 1 aromatic carbocycles. The maximum Gasteiger partial charge on any atom is 0.0992 e. The number of halogens is 1. The van der Waals surface area contributed by atoms with Crippen LogP contribution >= 0.6 is 11.6 Å². The van der Waals surface area contributed by atoms with Crippen LogP contribution in [0.4, 0.5) is 0 Å². The molecule has 4 heteroatoms. The van der Waals surface area contributed by atoms with Gasteiger partial charge in [-0.05, 0) is 23.8 Å². The van der Waals surface area contributed by atoms with Crippen LogP contribution in [-0.2, 0) is 0 Å². The third kappa shape index (κ3) is 1.61. The van der Waals surface area contributed by atoms with E-state index in [-0.39, 0.29) is 0 Å². The SMILES string of the molecule is N#Cc1cc(Cl)cc(-c2cn[nH]c2)c1. The molecule has 14 heavy (non-hydrogen) atoms. The Labute approximate surface area is 85.9 Å². The normalized spacial score (nSPS) is 9.71. The van der Waals surface area contributed by atoms with Crippen molar-refractivity contribution < 1.29 is 0 Å². The quantitative estimate of drug-likeness (QED) is 0.775. The van der Waals surface area contributed by atoms with Crippen LogP contribution in [0.2, 0.25) is 5.02 Å². The fourth-order valence-electron chi connectivity index (χ4n) is 1.23. The molecule has 0 amide bonds. The van der Waals surface area contributed by atoms with Crippen LogP contribution in [0.5, 0.6) is 0 Å². The first-order valence-electron chi connectivity index (χ1n) is 3.99. The lowest BCUT2D eigenvalue weighted by Crippen LogP contribution is -1.79. The van der Waals surface area contributed by atoms with Crippen molar-refractivity contribution in [3.8, 4) is 17.2 Å². The molecule has 0 unspecified atom stereocenters. The molecule has 0 fully saturated rings. The van der Waals surface area contributed by atoms with Gasteiger partial charge in [-0.15, -0.1) is 0 Å². The molecule has 0 aliphatic rings. The van der Waals surface area contributed by atoms with Gasteiger partial charge in [-0.1, -0.05) is 11.6 Å². The highest BCUT2D eigenvalue weighted by molar-refractivity contribution is 6.31. The Kier molecular flexibility index (Phi) is 2.21. The average molecular weight is 204 g/mol. The number of nitrogens with one attached hydrogen (secondary N) is 1. The van der Waals surface area contributed by atoms with E-state index in [1.54, 1.807) is 30.6 Å². The summed E-state index contributed by atoms with van der Waals surface area (Å²) in [6.45, 7) is 0. The summed E-state index contributed by atoms with van der Waals surface area (Å²) in [5, 5.41) is 15.8. The second kappa shape index (κ2) is 3.52. The van der Waals surface area contributed by atoms with Gasteiger partial charge in [0.1, 0.15) is 0 Å². The number of H-pyrrole nitrogens is 1. The number of aromatic amines is 1. The Morgan fingerprint density at radius 1 is 1.29 bits per heavy atom. The molecule has 0 radical (unpaired) electrons. The largest absolute Gasteiger partial charge is 0.285 e. The predicted molar refractivity (Wildman–Crippen MR) is 53.7 cm³/mol. The van der Waals surface area contributed by atoms with Crippen LogP contribution in [0.15, 0.2) is 30.6 Å². The predicted octanol–water partition coefficient (Wildman–Crippen LogP) is 2.60. The highest BCUT2D eigenvalue weighted by atomic mass is 35.5. The van der Waals surface area contributed by atoms with Gasteiger partial charge in [0.15, 0.2) is 0 Å². The van der Waals surface area contributed by atoms with Crippen molar-refractivity contribution in [2.24, 2.45) is 0 Å². The van der Waals surface area contributed by atoms with Gasteiger partial charge in [-0.2, -0.15) is 10.4 Å². The van der Waals surface area contributed by atoms with E-state index in [1.165, 1.54) is 0 Å². The van der Waals surface area contributed by atoms with E-state index in [2.05, 4.69) is 16.3 Å². The average Bonchev–Trinajstić information content (AvgIpc) is 2.69. The molecular formula is C10H6ClN3. The zero-order valence-corrected chi connectivity index (χ0v) is 7.92. The lowest BCUT2D eigenvalue weighted by Gasteiger charge is -1.98. The van der Waals surface area contributed by atoms with E-state index in [0.717, 1.165) is 11.1 Å². The third-order valence-electron chi connectivity index (χ3n) is 1.86. The van der Waals surface area contributed by atoms with E-state index >= 15 is 0 Å². The molecule has 0 aliphatic carbocycles. The number of benzene rings is 1. The molecular weight excluding hydrogens is 198 g/mol. The zero-order valence-electron chi connectivity index (χ0n) is 7.16. The molecule has 0 saturated heterocycles. The Bertz CT molecular complexity index is 483. The standard InChI is InChI=1S/C10H6ClN3/c11-10-2-7(4-12)1-8(3-10)9-5-13-14-6-9/h1-3,5-6H,(H,13,14). The molecule has 0 spiro atoms. The van der Waals surface area contributed by atoms with Crippen molar-refractivity contribution in [2.45, 2.75) is 0 Å². The first kappa shape index (κ1) is 8.79. The van der Waals surface area contributed by atoms with Gasteiger partial charge in [0.2, 0.25) is 0 Å². The van der Waals surface area contributed by atoms with Crippen LogP contribution in [0.3, 0.4) is 0 Å². The number of rotatable bonds is 1. The van der Waals surface area contributed by atoms with Crippen LogP contribution in [0.1, 0.15) is 5.56 Å². The Morgan fingerprint density at radius 3 is 2.79 bits per heavy atom. The molecule has 68 valence electrons. The fourth-order valence-corrected chi connectivity index (χ4v) is 1.46. The van der Waals surface area contributed by atoms with Crippen molar-refractivity contribution in [1.29, 1.82) is 5.26 Å². The summed E-state index contributed by atoms with van der Waals surface area (Å²) in [6.07, 6.45) is 3.44. The maximum absolute atomic E-state index is 8.75. The van der Waals surface area contributed by atoms with E-state index < -0.39 is 0 Å². The first-order chi connectivity index (χ1) is 6.79. The minimum absolute atomic E-state index is 0.550. The summed E-state index contributed by atoms with van der Waals surface area (Å²) in [5.74, 6) is 0. The summed E-state index contributed by atoms with van der Waals surface area (Å²) in [4.78, 5) is 0. The molecule has 1 heterocycles. The molecule has 0 atom stereocenters. The van der Waals surface area contributed by atoms with Crippen LogP contribution in [0.25, 0.3) is 11.1 Å². The number of nitrogens with zero attached hydrogens (tertiary/aromatic N) is 2. The fraction of sp³-hybridized carbons (Fsp3) is 0.